The van der Waals surface area contributed by atoms with Gasteiger partial charge in [-0.3, -0.25) is 0 Å². The van der Waals surface area contributed by atoms with Crippen molar-refractivity contribution in [1.29, 1.82) is 5.26 Å². The number of hydrogen-bond acceptors (Lipinski definition) is 2. The van der Waals surface area contributed by atoms with Gasteiger partial charge >= 0.3 is 0 Å². The van der Waals surface area contributed by atoms with Crippen molar-refractivity contribution < 1.29 is 4.39 Å². The van der Waals surface area contributed by atoms with E-state index in [4.69, 9.17) is 5.26 Å². The Morgan fingerprint density at radius 2 is 2.00 bits per heavy atom. The molecule has 1 N–H and O–H groups in total. The molecule has 1 atom stereocenters. The number of nitriles is 1. The summed E-state index contributed by atoms with van der Waals surface area (Å²) in [5.41, 5.74) is 0.752. The Kier molecular flexibility index (Phi) is 4.16. The van der Waals surface area contributed by atoms with E-state index in [9.17, 15) is 4.39 Å². The quantitative estimate of drug-likeness (QED) is 0.883. The fourth-order valence-corrected chi connectivity index (χ4v) is 1.63. The summed E-state index contributed by atoms with van der Waals surface area (Å²) in [6.45, 7) is 8.26. The van der Waals surface area contributed by atoms with Gasteiger partial charge in [0.1, 0.15) is 6.07 Å². The predicted octanol–water partition coefficient (Wildman–Crippen LogP) is 4.31. The maximum atomic E-state index is 13.9. The lowest BCUT2D eigenvalue weighted by Gasteiger charge is -2.29. The van der Waals surface area contributed by atoms with E-state index in [0.717, 1.165) is 0 Å². The molecule has 1 unspecified atom stereocenters. The number of rotatable bonds is 2. The molecule has 92 valence electrons. The highest BCUT2D eigenvalue weighted by Crippen LogP contribution is 2.29. The molecule has 0 bridgehead atoms. The minimum Gasteiger partial charge on any atom is -0.380 e. The second-order valence-electron chi connectivity index (χ2n) is 5.13. The Morgan fingerprint density at radius 3 is 2.47 bits per heavy atom. The summed E-state index contributed by atoms with van der Waals surface area (Å²) in [6, 6.07) is 5.25. The molecule has 1 aromatic carbocycles. The van der Waals surface area contributed by atoms with Crippen molar-refractivity contribution in [2.75, 3.05) is 5.32 Å². The number of nitrogens with one attached hydrogen (secondary N) is 1. The zero-order valence-electron chi connectivity index (χ0n) is 10.4. The third-order valence-electron chi connectivity index (χ3n) is 2.87. The summed E-state index contributed by atoms with van der Waals surface area (Å²) in [7, 11) is 0. The van der Waals surface area contributed by atoms with Crippen LogP contribution in [0.15, 0.2) is 16.6 Å². The minimum absolute atomic E-state index is 0.0345. The van der Waals surface area contributed by atoms with E-state index in [1.54, 1.807) is 12.1 Å². The summed E-state index contributed by atoms with van der Waals surface area (Å²) in [4.78, 5) is 0. The average Bonchev–Trinajstić information content (AvgIpc) is 2.23. The smallest absolute Gasteiger partial charge is 0.161 e. The molecule has 4 heteroatoms. The zero-order chi connectivity index (χ0) is 13.2. The van der Waals surface area contributed by atoms with Gasteiger partial charge in [0, 0.05) is 6.04 Å². The third kappa shape index (κ3) is 3.19. The second kappa shape index (κ2) is 5.05. The molecule has 1 rings (SSSR count). The fraction of sp³-hybridized carbons (Fsp3) is 0.462. The van der Waals surface area contributed by atoms with Gasteiger partial charge in [0.15, 0.2) is 5.82 Å². The lowest BCUT2D eigenvalue weighted by Crippen LogP contribution is -2.31. The van der Waals surface area contributed by atoms with Gasteiger partial charge in [0.05, 0.1) is 15.7 Å². The first kappa shape index (κ1) is 14.0. The Hall–Kier alpha value is -1.08. The first-order chi connectivity index (χ1) is 7.77. The average molecular weight is 299 g/mol. The van der Waals surface area contributed by atoms with Crippen LogP contribution in [0.1, 0.15) is 33.3 Å². The topological polar surface area (TPSA) is 35.8 Å². The molecule has 17 heavy (non-hydrogen) atoms. The first-order valence-corrected chi connectivity index (χ1v) is 6.21. The summed E-state index contributed by atoms with van der Waals surface area (Å²) >= 11 is 3.09. The van der Waals surface area contributed by atoms with Crippen molar-refractivity contribution in [3.05, 3.63) is 28.0 Å². The monoisotopic (exact) mass is 298 g/mol. The van der Waals surface area contributed by atoms with Gasteiger partial charge in [-0.05, 0) is 40.4 Å². The molecule has 0 heterocycles. The van der Waals surface area contributed by atoms with E-state index in [-0.39, 0.29) is 15.9 Å². The van der Waals surface area contributed by atoms with Gasteiger partial charge < -0.3 is 5.32 Å². The van der Waals surface area contributed by atoms with Crippen LogP contribution >= 0.6 is 15.9 Å². The maximum Gasteiger partial charge on any atom is 0.161 e. The van der Waals surface area contributed by atoms with E-state index in [1.165, 1.54) is 0 Å². The van der Waals surface area contributed by atoms with Crippen molar-refractivity contribution in [1.82, 2.24) is 0 Å². The lowest BCUT2D eigenvalue weighted by molar-refractivity contribution is 0.358. The number of benzene rings is 1. The van der Waals surface area contributed by atoms with Crippen LogP contribution in [0.3, 0.4) is 0 Å². The number of anilines is 1. The Morgan fingerprint density at radius 1 is 1.41 bits per heavy atom. The number of halogens is 2. The molecular weight excluding hydrogens is 283 g/mol. The molecule has 0 aliphatic carbocycles. The van der Waals surface area contributed by atoms with Crippen LogP contribution in [0.2, 0.25) is 0 Å². The Labute approximate surface area is 110 Å². The first-order valence-electron chi connectivity index (χ1n) is 5.42. The van der Waals surface area contributed by atoms with Crippen molar-refractivity contribution in [3.8, 4) is 6.07 Å². The van der Waals surface area contributed by atoms with Crippen LogP contribution in [-0.4, -0.2) is 6.04 Å². The highest BCUT2D eigenvalue weighted by molar-refractivity contribution is 9.10. The molecule has 0 fully saturated rings. The van der Waals surface area contributed by atoms with Crippen LogP contribution in [0.5, 0.6) is 0 Å². The molecule has 1 aromatic rings. The normalized spacial score (nSPS) is 13.0. The molecule has 0 radical (unpaired) electrons. The number of nitrogens with zero attached hydrogens (tertiary/aromatic N) is 1. The molecule has 0 saturated heterocycles. The largest absolute Gasteiger partial charge is 0.380 e. The van der Waals surface area contributed by atoms with Gasteiger partial charge in [-0.15, -0.1) is 0 Å². The van der Waals surface area contributed by atoms with Gasteiger partial charge in [-0.1, -0.05) is 20.8 Å². The molecule has 0 aromatic heterocycles. The molecule has 0 saturated carbocycles. The second-order valence-corrected chi connectivity index (χ2v) is 5.93. The third-order valence-corrected chi connectivity index (χ3v) is 3.65. The standard InChI is InChI=1S/C13H16BrFN2/c1-8(13(2,3)4)17-10-6-5-9(7-16)11(14)12(10)15/h5-6,8,17H,1-4H3. The van der Waals surface area contributed by atoms with Gasteiger partial charge in [0.2, 0.25) is 0 Å². The summed E-state index contributed by atoms with van der Waals surface area (Å²) in [6.07, 6.45) is 0. The number of hydrogen-bond donors (Lipinski definition) is 1. The van der Waals surface area contributed by atoms with Crippen LogP contribution in [-0.2, 0) is 0 Å². The van der Waals surface area contributed by atoms with Crippen molar-refractivity contribution >= 4 is 21.6 Å². The summed E-state index contributed by atoms with van der Waals surface area (Å²) in [5.74, 6) is -0.417. The van der Waals surface area contributed by atoms with E-state index in [2.05, 4.69) is 42.0 Å². The highest BCUT2D eigenvalue weighted by atomic mass is 79.9. The zero-order valence-corrected chi connectivity index (χ0v) is 12.0. The predicted molar refractivity (Wildman–Crippen MR) is 71.4 cm³/mol. The molecule has 0 aliphatic rings. The molecular formula is C13H16BrFN2. The Balaban J connectivity index is 3.03. The van der Waals surface area contributed by atoms with E-state index < -0.39 is 5.82 Å². The van der Waals surface area contributed by atoms with E-state index >= 15 is 0 Å². The van der Waals surface area contributed by atoms with Crippen LogP contribution in [0, 0.1) is 22.6 Å². The molecule has 0 spiro atoms. The molecule has 2 nitrogen and oxygen atoms in total. The van der Waals surface area contributed by atoms with Gasteiger partial charge in [-0.25, -0.2) is 4.39 Å². The van der Waals surface area contributed by atoms with E-state index in [0.29, 0.717) is 11.3 Å². The SMILES string of the molecule is CC(Nc1ccc(C#N)c(Br)c1F)C(C)(C)C. The van der Waals surface area contributed by atoms with Crippen LogP contribution in [0.4, 0.5) is 10.1 Å². The minimum atomic E-state index is -0.417. The molecule has 0 aliphatic heterocycles. The van der Waals surface area contributed by atoms with Gasteiger partial charge in [0.25, 0.3) is 0 Å². The van der Waals surface area contributed by atoms with Crippen LogP contribution < -0.4 is 5.32 Å². The Bertz CT molecular complexity index is 458. The van der Waals surface area contributed by atoms with Gasteiger partial charge in [-0.2, -0.15) is 5.26 Å². The maximum absolute atomic E-state index is 13.9. The highest BCUT2D eigenvalue weighted by Gasteiger charge is 2.21. The van der Waals surface area contributed by atoms with Crippen LogP contribution in [0.25, 0.3) is 0 Å². The summed E-state index contributed by atoms with van der Waals surface area (Å²) in [5, 5.41) is 11.9. The van der Waals surface area contributed by atoms with Crippen molar-refractivity contribution in [2.45, 2.75) is 33.7 Å². The van der Waals surface area contributed by atoms with E-state index in [1.807, 2.05) is 13.0 Å². The van der Waals surface area contributed by atoms with Crippen molar-refractivity contribution in [2.24, 2.45) is 5.41 Å². The van der Waals surface area contributed by atoms with Crippen molar-refractivity contribution in [3.63, 3.8) is 0 Å². The summed E-state index contributed by atoms with van der Waals surface area (Å²) < 4.78 is 14.2. The lowest BCUT2D eigenvalue weighted by atomic mass is 9.88. The fourth-order valence-electron chi connectivity index (χ4n) is 1.20. The molecule has 0 amide bonds.